The first-order valence-corrected chi connectivity index (χ1v) is 9.66. The standard InChI is InChI=1S/C20H21N3O2S/c24-16-5-7-19(21-14-16)22-9-11-23(12-10-22)20(25)8-6-17-13-15-3-1-2-4-18(15)26-17/h1-5,7,13-14,24H,6,8-12H2. The molecule has 0 atom stereocenters. The summed E-state index contributed by atoms with van der Waals surface area (Å²) in [7, 11) is 0. The maximum absolute atomic E-state index is 12.5. The number of benzene rings is 1. The molecule has 1 N–H and O–H groups in total. The zero-order valence-electron chi connectivity index (χ0n) is 14.5. The molecule has 3 aromatic rings. The van der Waals surface area contributed by atoms with E-state index in [4.69, 9.17) is 0 Å². The predicted octanol–water partition coefficient (Wildman–Crippen LogP) is 3.28. The molecule has 1 aliphatic rings. The summed E-state index contributed by atoms with van der Waals surface area (Å²) in [5.41, 5.74) is 0. The SMILES string of the molecule is O=C(CCc1cc2ccccc2s1)N1CCN(c2ccc(O)cn2)CC1. The number of rotatable bonds is 4. The average Bonchev–Trinajstić information content (AvgIpc) is 3.10. The molecule has 0 unspecified atom stereocenters. The minimum atomic E-state index is 0.170. The summed E-state index contributed by atoms with van der Waals surface area (Å²) in [6, 6.07) is 14.0. The van der Waals surface area contributed by atoms with E-state index in [0.29, 0.717) is 19.5 Å². The van der Waals surface area contributed by atoms with Gasteiger partial charge < -0.3 is 14.9 Å². The lowest BCUT2D eigenvalue weighted by atomic mass is 10.2. The van der Waals surface area contributed by atoms with Crippen LogP contribution in [0.4, 0.5) is 5.82 Å². The second kappa shape index (κ2) is 7.33. The molecule has 0 bridgehead atoms. The van der Waals surface area contributed by atoms with Crippen molar-refractivity contribution in [2.45, 2.75) is 12.8 Å². The Labute approximate surface area is 156 Å². The number of pyridine rings is 1. The van der Waals surface area contributed by atoms with Crippen molar-refractivity contribution in [1.82, 2.24) is 9.88 Å². The highest BCUT2D eigenvalue weighted by Crippen LogP contribution is 2.26. The maximum atomic E-state index is 12.5. The van der Waals surface area contributed by atoms with Crippen molar-refractivity contribution in [3.63, 3.8) is 0 Å². The van der Waals surface area contributed by atoms with Crippen molar-refractivity contribution in [2.75, 3.05) is 31.1 Å². The van der Waals surface area contributed by atoms with E-state index in [1.165, 1.54) is 21.2 Å². The molecule has 0 radical (unpaired) electrons. The third-order valence-corrected chi connectivity index (χ3v) is 5.93. The lowest BCUT2D eigenvalue weighted by Crippen LogP contribution is -2.49. The molecule has 134 valence electrons. The third-order valence-electron chi connectivity index (χ3n) is 4.75. The van der Waals surface area contributed by atoms with Crippen LogP contribution in [0, 0.1) is 0 Å². The van der Waals surface area contributed by atoms with Crippen LogP contribution in [-0.4, -0.2) is 47.1 Å². The van der Waals surface area contributed by atoms with Gasteiger partial charge in [-0.15, -0.1) is 11.3 Å². The molecule has 4 rings (SSSR count). The van der Waals surface area contributed by atoms with Crippen molar-refractivity contribution in [2.24, 2.45) is 0 Å². The highest BCUT2D eigenvalue weighted by atomic mass is 32.1. The van der Waals surface area contributed by atoms with Crippen LogP contribution in [-0.2, 0) is 11.2 Å². The second-order valence-electron chi connectivity index (χ2n) is 6.49. The highest BCUT2D eigenvalue weighted by molar-refractivity contribution is 7.19. The molecule has 26 heavy (non-hydrogen) atoms. The quantitative estimate of drug-likeness (QED) is 0.769. The number of nitrogens with zero attached hydrogens (tertiary/aromatic N) is 3. The predicted molar refractivity (Wildman–Crippen MR) is 105 cm³/mol. The van der Waals surface area contributed by atoms with Crippen LogP contribution in [0.1, 0.15) is 11.3 Å². The Kier molecular flexibility index (Phi) is 4.75. The van der Waals surface area contributed by atoms with Gasteiger partial charge in [-0.25, -0.2) is 4.98 Å². The first kappa shape index (κ1) is 16.8. The van der Waals surface area contributed by atoms with Crippen molar-refractivity contribution < 1.29 is 9.90 Å². The number of aromatic hydroxyl groups is 1. The van der Waals surface area contributed by atoms with Crippen molar-refractivity contribution in [1.29, 1.82) is 0 Å². The van der Waals surface area contributed by atoms with Gasteiger partial charge in [-0.05, 0) is 36.1 Å². The van der Waals surface area contributed by atoms with Crippen LogP contribution >= 0.6 is 11.3 Å². The van der Waals surface area contributed by atoms with Gasteiger partial charge in [-0.3, -0.25) is 4.79 Å². The van der Waals surface area contributed by atoms with E-state index in [1.54, 1.807) is 17.4 Å². The Morgan fingerprint density at radius 1 is 1.12 bits per heavy atom. The van der Waals surface area contributed by atoms with Gasteiger partial charge in [0.05, 0.1) is 6.20 Å². The molecule has 1 saturated heterocycles. The van der Waals surface area contributed by atoms with Crippen molar-refractivity contribution in [3.8, 4) is 5.75 Å². The first-order valence-electron chi connectivity index (χ1n) is 8.84. The van der Waals surface area contributed by atoms with E-state index < -0.39 is 0 Å². The molecular weight excluding hydrogens is 346 g/mol. The van der Waals surface area contributed by atoms with Gasteiger partial charge in [0.1, 0.15) is 11.6 Å². The number of carbonyl (C=O) groups is 1. The minimum Gasteiger partial charge on any atom is -0.506 e. The summed E-state index contributed by atoms with van der Waals surface area (Å²) in [4.78, 5) is 22.1. The average molecular weight is 367 g/mol. The number of aromatic nitrogens is 1. The Hall–Kier alpha value is -2.60. The minimum absolute atomic E-state index is 0.170. The largest absolute Gasteiger partial charge is 0.506 e. The first-order chi connectivity index (χ1) is 12.7. The molecule has 0 spiro atoms. The van der Waals surface area contributed by atoms with Gasteiger partial charge in [-0.1, -0.05) is 18.2 Å². The van der Waals surface area contributed by atoms with Crippen molar-refractivity contribution in [3.05, 3.63) is 53.5 Å². The number of piperazine rings is 1. The highest BCUT2D eigenvalue weighted by Gasteiger charge is 2.21. The molecule has 1 fully saturated rings. The Balaban J connectivity index is 1.30. The van der Waals surface area contributed by atoms with Gasteiger partial charge in [-0.2, -0.15) is 0 Å². The van der Waals surface area contributed by atoms with Crippen molar-refractivity contribution >= 4 is 33.1 Å². The molecule has 5 nitrogen and oxygen atoms in total. The van der Waals surface area contributed by atoms with Gasteiger partial charge >= 0.3 is 0 Å². The van der Waals surface area contributed by atoms with E-state index in [9.17, 15) is 9.90 Å². The fraction of sp³-hybridized carbons (Fsp3) is 0.300. The Morgan fingerprint density at radius 3 is 2.65 bits per heavy atom. The van der Waals surface area contributed by atoms with Crippen LogP contribution < -0.4 is 4.90 Å². The number of amides is 1. The number of thiophene rings is 1. The van der Waals surface area contributed by atoms with Gasteiger partial charge in [0.2, 0.25) is 5.91 Å². The maximum Gasteiger partial charge on any atom is 0.223 e. The fourth-order valence-electron chi connectivity index (χ4n) is 3.30. The van der Waals surface area contributed by atoms with E-state index >= 15 is 0 Å². The molecule has 6 heteroatoms. The topological polar surface area (TPSA) is 56.7 Å². The van der Waals surface area contributed by atoms with Crippen LogP contribution in [0.25, 0.3) is 10.1 Å². The number of fused-ring (bicyclic) bond motifs is 1. The fourth-order valence-corrected chi connectivity index (χ4v) is 4.36. The summed E-state index contributed by atoms with van der Waals surface area (Å²) in [5, 5.41) is 10.6. The number of aryl methyl sites for hydroxylation is 1. The molecule has 1 aliphatic heterocycles. The summed E-state index contributed by atoms with van der Waals surface area (Å²) < 4.78 is 1.28. The number of hydrogen-bond donors (Lipinski definition) is 1. The Bertz CT molecular complexity index is 866. The normalized spacial score (nSPS) is 14.8. The molecule has 0 saturated carbocycles. The lowest BCUT2D eigenvalue weighted by Gasteiger charge is -2.35. The van der Waals surface area contributed by atoms with Gasteiger partial charge in [0, 0.05) is 42.2 Å². The van der Waals surface area contributed by atoms with E-state index in [0.717, 1.165) is 25.3 Å². The van der Waals surface area contributed by atoms with Crippen LogP contribution in [0.2, 0.25) is 0 Å². The zero-order chi connectivity index (χ0) is 17.9. The van der Waals surface area contributed by atoms with Gasteiger partial charge in [0.15, 0.2) is 0 Å². The number of hydrogen-bond acceptors (Lipinski definition) is 5. The third kappa shape index (κ3) is 3.65. The summed E-state index contributed by atoms with van der Waals surface area (Å²) in [6.07, 6.45) is 2.82. The molecule has 0 aliphatic carbocycles. The van der Waals surface area contributed by atoms with E-state index in [2.05, 4.69) is 34.1 Å². The molecule has 1 amide bonds. The number of anilines is 1. The monoisotopic (exact) mass is 367 g/mol. The van der Waals surface area contributed by atoms with Gasteiger partial charge in [0.25, 0.3) is 0 Å². The molecular formula is C20H21N3O2S. The summed E-state index contributed by atoms with van der Waals surface area (Å²) in [6.45, 7) is 2.97. The smallest absolute Gasteiger partial charge is 0.223 e. The summed E-state index contributed by atoms with van der Waals surface area (Å²) >= 11 is 1.78. The van der Waals surface area contributed by atoms with Crippen LogP contribution in [0.3, 0.4) is 0 Å². The lowest BCUT2D eigenvalue weighted by molar-refractivity contribution is -0.131. The summed E-state index contributed by atoms with van der Waals surface area (Å²) in [5.74, 6) is 1.24. The number of carbonyl (C=O) groups excluding carboxylic acids is 1. The molecule has 2 aromatic heterocycles. The van der Waals surface area contributed by atoms with Crippen LogP contribution in [0.15, 0.2) is 48.7 Å². The zero-order valence-corrected chi connectivity index (χ0v) is 15.3. The van der Waals surface area contributed by atoms with Crippen LogP contribution in [0.5, 0.6) is 5.75 Å². The molecule has 3 heterocycles. The molecule has 1 aromatic carbocycles. The van der Waals surface area contributed by atoms with E-state index in [1.807, 2.05) is 17.0 Å². The Morgan fingerprint density at radius 2 is 1.92 bits per heavy atom. The van der Waals surface area contributed by atoms with E-state index in [-0.39, 0.29) is 11.7 Å². The second-order valence-corrected chi connectivity index (χ2v) is 7.66.